The molecule has 1 saturated carbocycles. The summed E-state index contributed by atoms with van der Waals surface area (Å²) in [7, 11) is 0. The Labute approximate surface area is 104 Å². The fraction of sp³-hybridized carbons (Fsp3) is 0.625. The van der Waals surface area contributed by atoms with Crippen LogP contribution in [-0.2, 0) is 0 Å². The summed E-state index contributed by atoms with van der Waals surface area (Å²) in [5, 5.41) is 0. The molecule has 96 valence electrons. The van der Waals surface area contributed by atoms with Gasteiger partial charge in [-0.2, -0.15) is 0 Å². The average molecular weight is 224 g/mol. The Bertz CT molecular complexity index is 95.9. The zero-order valence-corrected chi connectivity index (χ0v) is 11.5. The molecule has 1 fully saturated rings. The molecule has 1 aliphatic carbocycles. The van der Waals surface area contributed by atoms with Gasteiger partial charge in [0.15, 0.2) is 0 Å². The van der Waals surface area contributed by atoms with Crippen LogP contribution in [0, 0.1) is 5.92 Å². The van der Waals surface area contributed by atoms with Crippen molar-refractivity contribution >= 4 is 0 Å². The van der Waals surface area contributed by atoms with E-state index < -0.39 is 0 Å². The molecule has 0 aromatic carbocycles. The number of rotatable bonds is 3. The van der Waals surface area contributed by atoms with E-state index in [1.807, 2.05) is 0 Å². The molecule has 0 aliphatic heterocycles. The van der Waals surface area contributed by atoms with E-state index in [4.69, 9.17) is 0 Å². The van der Waals surface area contributed by atoms with Gasteiger partial charge in [0, 0.05) is 0 Å². The van der Waals surface area contributed by atoms with Gasteiger partial charge in [0.25, 0.3) is 0 Å². The Balaban J connectivity index is -0.000000245. The fourth-order valence-corrected chi connectivity index (χ4v) is 1.97. The first-order valence-corrected chi connectivity index (χ1v) is 6.43. The van der Waals surface area contributed by atoms with Crippen LogP contribution in [0.2, 0.25) is 0 Å². The molecule has 0 heterocycles. The number of hydrogen-bond acceptors (Lipinski definition) is 0. The van der Waals surface area contributed by atoms with E-state index >= 15 is 0 Å². The van der Waals surface area contributed by atoms with Crippen LogP contribution in [0.4, 0.5) is 0 Å². The zero-order valence-electron chi connectivity index (χ0n) is 11.5. The highest BCUT2D eigenvalue weighted by atomic mass is 14.2. The third-order valence-electron chi connectivity index (χ3n) is 2.69. The Morgan fingerprint density at radius 3 is 1.62 bits per heavy atom. The van der Waals surface area contributed by atoms with Gasteiger partial charge in [0.2, 0.25) is 0 Å². The van der Waals surface area contributed by atoms with E-state index in [0.717, 1.165) is 5.92 Å². The summed E-state index contributed by atoms with van der Waals surface area (Å²) in [4.78, 5) is 0. The van der Waals surface area contributed by atoms with Crippen LogP contribution in [0.5, 0.6) is 0 Å². The van der Waals surface area contributed by atoms with Gasteiger partial charge in [0.05, 0.1) is 0 Å². The first-order chi connectivity index (χ1) is 7.93. The Hall–Kier alpha value is -0.780. The highest BCUT2D eigenvalue weighted by Gasteiger charge is 2.11. The van der Waals surface area contributed by atoms with Gasteiger partial charge in [-0.1, -0.05) is 58.3 Å². The van der Waals surface area contributed by atoms with Gasteiger partial charge in [-0.15, -0.1) is 39.5 Å². The molecule has 0 aromatic rings. The van der Waals surface area contributed by atoms with Gasteiger partial charge in [-0.05, 0) is 5.92 Å². The number of unbranched alkanes of at least 4 members (excludes halogenated alkanes) is 1. The second-order valence-corrected chi connectivity index (χ2v) is 3.65. The minimum atomic E-state index is 1.11. The van der Waals surface area contributed by atoms with Crippen molar-refractivity contribution in [2.75, 3.05) is 0 Å². The second kappa shape index (κ2) is 23.8. The normalized spacial score (nSPS) is 14.1. The van der Waals surface area contributed by atoms with E-state index in [1.165, 1.54) is 51.4 Å². The Morgan fingerprint density at radius 2 is 1.25 bits per heavy atom. The van der Waals surface area contributed by atoms with Crippen molar-refractivity contribution in [3.63, 3.8) is 0 Å². The van der Waals surface area contributed by atoms with Crippen molar-refractivity contribution in [3.05, 3.63) is 39.5 Å². The minimum Gasteiger partial charge on any atom is -0.106 e. The molecule has 0 amide bonds. The zero-order chi connectivity index (χ0) is 13.2. The maximum Gasteiger partial charge on any atom is -0.0414 e. The van der Waals surface area contributed by atoms with E-state index in [2.05, 4.69) is 46.4 Å². The van der Waals surface area contributed by atoms with Gasteiger partial charge >= 0.3 is 0 Å². The average Bonchev–Trinajstić information content (AvgIpc) is 2.44. The topological polar surface area (TPSA) is 0 Å². The monoisotopic (exact) mass is 224 g/mol. The maximum atomic E-state index is 3.00. The van der Waals surface area contributed by atoms with Crippen LogP contribution in [0.1, 0.15) is 58.3 Å². The SMILES string of the molecule is C=C.C=C.C=C.CCCCC1CCCCC1. The molecule has 0 aromatic heterocycles. The molecule has 0 bridgehead atoms. The van der Waals surface area contributed by atoms with Gasteiger partial charge in [0.1, 0.15) is 0 Å². The van der Waals surface area contributed by atoms with Gasteiger partial charge < -0.3 is 0 Å². The van der Waals surface area contributed by atoms with Gasteiger partial charge in [-0.3, -0.25) is 0 Å². The molecule has 0 radical (unpaired) electrons. The first-order valence-electron chi connectivity index (χ1n) is 6.43. The summed E-state index contributed by atoms with van der Waals surface area (Å²) in [6.45, 7) is 20.3. The summed E-state index contributed by atoms with van der Waals surface area (Å²) < 4.78 is 0. The molecule has 16 heavy (non-hydrogen) atoms. The van der Waals surface area contributed by atoms with Crippen LogP contribution in [-0.4, -0.2) is 0 Å². The van der Waals surface area contributed by atoms with Crippen molar-refractivity contribution in [2.24, 2.45) is 5.92 Å². The van der Waals surface area contributed by atoms with Crippen molar-refractivity contribution in [1.29, 1.82) is 0 Å². The molecule has 0 spiro atoms. The third-order valence-corrected chi connectivity index (χ3v) is 2.69. The maximum absolute atomic E-state index is 3.00. The summed E-state index contributed by atoms with van der Waals surface area (Å²) in [6.07, 6.45) is 11.9. The van der Waals surface area contributed by atoms with Crippen molar-refractivity contribution in [2.45, 2.75) is 58.3 Å². The molecule has 0 N–H and O–H groups in total. The van der Waals surface area contributed by atoms with Crippen LogP contribution in [0.3, 0.4) is 0 Å². The van der Waals surface area contributed by atoms with Crippen molar-refractivity contribution < 1.29 is 0 Å². The molecule has 1 rings (SSSR count). The predicted octanol–water partition coefficient (Wildman–Crippen LogP) is 6.16. The third kappa shape index (κ3) is 15.7. The smallest absolute Gasteiger partial charge is 0.0414 e. The van der Waals surface area contributed by atoms with Crippen LogP contribution < -0.4 is 0 Å². The standard InChI is InChI=1S/C10H20.3C2H4/c1-2-3-7-10-8-5-4-6-9-10;3*1-2/h10H,2-9H2,1H3;3*1-2H2. The van der Waals surface area contributed by atoms with E-state index in [1.54, 1.807) is 0 Å². The van der Waals surface area contributed by atoms with Crippen LogP contribution >= 0.6 is 0 Å². The lowest BCUT2D eigenvalue weighted by molar-refractivity contribution is 0.331. The first kappa shape index (κ1) is 20.6. The van der Waals surface area contributed by atoms with Gasteiger partial charge in [-0.25, -0.2) is 0 Å². The van der Waals surface area contributed by atoms with E-state index in [9.17, 15) is 0 Å². The Kier molecular flexibility index (Phi) is 30.6. The molecule has 0 heteroatoms. The minimum absolute atomic E-state index is 1.11. The fourth-order valence-electron chi connectivity index (χ4n) is 1.97. The molecular formula is C16H32. The van der Waals surface area contributed by atoms with E-state index in [-0.39, 0.29) is 0 Å². The molecule has 0 unspecified atom stereocenters. The highest BCUT2D eigenvalue weighted by molar-refractivity contribution is 4.65. The van der Waals surface area contributed by atoms with Crippen LogP contribution in [0.15, 0.2) is 39.5 Å². The summed E-state index contributed by atoms with van der Waals surface area (Å²) in [5.41, 5.74) is 0. The lowest BCUT2D eigenvalue weighted by Crippen LogP contribution is -2.05. The van der Waals surface area contributed by atoms with Crippen LogP contribution in [0.25, 0.3) is 0 Å². The van der Waals surface area contributed by atoms with Crippen molar-refractivity contribution in [3.8, 4) is 0 Å². The number of hydrogen-bond donors (Lipinski definition) is 0. The second-order valence-electron chi connectivity index (χ2n) is 3.65. The molecule has 0 saturated heterocycles. The highest BCUT2D eigenvalue weighted by Crippen LogP contribution is 2.27. The lowest BCUT2D eigenvalue weighted by Gasteiger charge is -2.20. The Morgan fingerprint density at radius 1 is 0.812 bits per heavy atom. The summed E-state index contributed by atoms with van der Waals surface area (Å²) >= 11 is 0. The largest absolute Gasteiger partial charge is 0.106 e. The molecule has 1 aliphatic rings. The van der Waals surface area contributed by atoms with E-state index in [0.29, 0.717) is 0 Å². The van der Waals surface area contributed by atoms with Crippen molar-refractivity contribution in [1.82, 2.24) is 0 Å². The summed E-state index contributed by atoms with van der Waals surface area (Å²) in [6, 6.07) is 0. The lowest BCUT2D eigenvalue weighted by atomic mass is 9.86. The quantitative estimate of drug-likeness (QED) is 0.503. The molecule has 0 atom stereocenters. The molecular weight excluding hydrogens is 192 g/mol. The predicted molar refractivity (Wildman–Crippen MR) is 79.9 cm³/mol. The summed E-state index contributed by atoms with van der Waals surface area (Å²) in [5.74, 6) is 1.11. The molecule has 0 nitrogen and oxygen atoms in total.